The minimum atomic E-state index is -0.545. The highest BCUT2D eigenvalue weighted by Crippen LogP contribution is 2.35. The highest BCUT2D eigenvalue weighted by Gasteiger charge is 2.18. The molecule has 7 heteroatoms. The second-order valence-corrected chi connectivity index (χ2v) is 4.40. The van der Waals surface area contributed by atoms with Crippen molar-refractivity contribution >= 4 is 28.9 Å². The van der Waals surface area contributed by atoms with Crippen molar-refractivity contribution in [1.29, 1.82) is 0 Å². The fourth-order valence-corrected chi connectivity index (χ4v) is 1.62. The fourth-order valence-electron chi connectivity index (χ4n) is 1.31. The maximum atomic E-state index is 10.8. The largest absolute Gasteiger partial charge is 0.485 e. The third-order valence-corrected chi connectivity index (χ3v) is 2.88. The highest BCUT2D eigenvalue weighted by atomic mass is 35.5. The molecule has 1 aromatic rings. The third-order valence-electron chi connectivity index (χ3n) is 2.16. The van der Waals surface area contributed by atoms with E-state index < -0.39 is 4.92 Å². The first-order chi connectivity index (χ1) is 8.56. The lowest BCUT2D eigenvalue weighted by Crippen LogP contribution is -2.21. The quantitative estimate of drug-likeness (QED) is 0.476. The minimum absolute atomic E-state index is 0.132. The fraction of sp³-hybridized carbons (Fsp3) is 0.455. The second kappa shape index (κ2) is 7.41. The van der Waals surface area contributed by atoms with Crippen LogP contribution in [0.15, 0.2) is 12.1 Å². The summed E-state index contributed by atoms with van der Waals surface area (Å²) in [6.45, 7) is 3.88. The van der Waals surface area contributed by atoms with Crippen molar-refractivity contribution in [2.45, 2.75) is 13.3 Å². The molecule has 1 N–H and O–H groups in total. The van der Waals surface area contributed by atoms with Crippen molar-refractivity contribution < 1.29 is 9.66 Å². The van der Waals surface area contributed by atoms with E-state index >= 15 is 0 Å². The Balaban J connectivity index is 2.68. The SMILES string of the molecule is CCCNCCOc1cc(Cl)c(Cl)cc1[N+](=O)[O-]. The lowest BCUT2D eigenvalue weighted by molar-refractivity contribution is -0.385. The molecule has 0 aliphatic heterocycles. The Morgan fingerprint density at radius 1 is 1.33 bits per heavy atom. The van der Waals surface area contributed by atoms with Crippen LogP contribution in [-0.2, 0) is 0 Å². The van der Waals surface area contributed by atoms with E-state index in [0.29, 0.717) is 13.2 Å². The maximum Gasteiger partial charge on any atom is 0.312 e. The smallest absolute Gasteiger partial charge is 0.312 e. The molecule has 0 saturated carbocycles. The predicted octanol–water partition coefficient (Wildman–Crippen LogP) is 3.28. The van der Waals surface area contributed by atoms with Gasteiger partial charge in [0.05, 0.1) is 15.0 Å². The summed E-state index contributed by atoms with van der Waals surface area (Å²) in [6.07, 6.45) is 1.02. The molecule has 1 aromatic carbocycles. The van der Waals surface area contributed by atoms with Crippen LogP contribution >= 0.6 is 23.2 Å². The van der Waals surface area contributed by atoms with E-state index in [0.717, 1.165) is 13.0 Å². The molecule has 0 heterocycles. The summed E-state index contributed by atoms with van der Waals surface area (Å²) in [5.41, 5.74) is -0.181. The van der Waals surface area contributed by atoms with E-state index in [4.69, 9.17) is 27.9 Å². The van der Waals surface area contributed by atoms with Gasteiger partial charge in [0.25, 0.3) is 0 Å². The van der Waals surface area contributed by atoms with Gasteiger partial charge in [-0.1, -0.05) is 30.1 Å². The number of hydrogen-bond acceptors (Lipinski definition) is 4. The van der Waals surface area contributed by atoms with E-state index in [1.54, 1.807) is 0 Å². The first-order valence-electron chi connectivity index (χ1n) is 5.53. The van der Waals surface area contributed by atoms with Crippen LogP contribution in [0.25, 0.3) is 0 Å². The summed E-state index contributed by atoms with van der Waals surface area (Å²) < 4.78 is 5.33. The van der Waals surface area contributed by atoms with Gasteiger partial charge in [0.1, 0.15) is 6.61 Å². The van der Waals surface area contributed by atoms with Gasteiger partial charge in [-0.3, -0.25) is 10.1 Å². The second-order valence-electron chi connectivity index (χ2n) is 3.59. The number of halogens is 2. The number of nitro benzene ring substituents is 1. The molecule has 0 aliphatic carbocycles. The van der Waals surface area contributed by atoms with Crippen molar-refractivity contribution in [3.05, 3.63) is 32.3 Å². The molecule has 0 saturated heterocycles. The lowest BCUT2D eigenvalue weighted by Gasteiger charge is -2.08. The van der Waals surface area contributed by atoms with Crippen LogP contribution in [0.4, 0.5) is 5.69 Å². The average Bonchev–Trinajstić information content (AvgIpc) is 2.32. The Bertz CT molecular complexity index is 427. The Kier molecular flexibility index (Phi) is 6.18. The first-order valence-corrected chi connectivity index (χ1v) is 6.28. The molecule has 0 bridgehead atoms. The van der Waals surface area contributed by atoms with Crippen LogP contribution < -0.4 is 10.1 Å². The number of rotatable bonds is 7. The first kappa shape index (κ1) is 15.0. The van der Waals surface area contributed by atoms with Gasteiger partial charge >= 0.3 is 5.69 Å². The molecule has 0 aliphatic rings. The Labute approximate surface area is 115 Å². The summed E-state index contributed by atoms with van der Waals surface area (Å²) >= 11 is 11.5. The van der Waals surface area contributed by atoms with Gasteiger partial charge in [0.2, 0.25) is 0 Å². The van der Waals surface area contributed by atoms with Gasteiger partial charge in [-0.05, 0) is 13.0 Å². The van der Waals surface area contributed by atoms with Crippen molar-refractivity contribution in [2.75, 3.05) is 19.7 Å². The van der Waals surface area contributed by atoms with Crippen LogP contribution in [0, 0.1) is 10.1 Å². The van der Waals surface area contributed by atoms with Gasteiger partial charge in [-0.15, -0.1) is 0 Å². The zero-order valence-corrected chi connectivity index (χ0v) is 11.4. The van der Waals surface area contributed by atoms with E-state index in [1.807, 2.05) is 0 Å². The summed E-state index contributed by atoms with van der Waals surface area (Å²) in [7, 11) is 0. The van der Waals surface area contributed by atoms with E-state index in [1.165, 1.54) is 12.1 Å². The number of nitrogens with one attached hydrogen (secondary N) is 1. The molecular formula is C11H14Cl2N2O3. The third kappa shape index (κ3) is 4.33. The Morgan fingerprint density at radius 2 is 2.00 bits per heavy atom. The Morgan fingerprint density at radius 3 is 2.61 bits per heavy atom. The normalized spacial score (nSPS) is 10.4. The molecule has 0 radical (unpaired) electrons. The van der Waals surface area contributed by atoms with E-state index in [-0.39, 0.29) is 21.5 Å². The molecule has 100 valence electrons. The number of hydrogen-bond donors (Lipinski definition) is 1. The highest BCUT2D eigenvalue weighted by molar-refractivity contribution is 6.42. The van der Waals surface area contributed by atoms with Crippen LogP contribution in [0.1, 0.15) is 13.3 Å². The summed E-state index contributed by atoms with van der Waals surface area (Å²) in [5, 5.41) is 14.3. The Hall–Kier alpha value is -1.04. The lowest BCUT2D eigenvalue weighted by atomic mass is 10.3. The molecule has 0 unspecified atom stereocenters. The average molecular weight is 293 g/mol. The molecule has 0 amide bonds. The monoisotopic (exact) mass is 292 g/mol. The number of ether oxygens (including phenoxy) is 1. The zero-order valence-electron chi connectivity index (χ0n) is 9.91. The van der Waals surface area contributed by atoms with Crippen molar-refractivity contribution in [3.63, 3.8) is 0 Å². The van der Waals surface area contributed by atoms with Gasteiger partial charge < -0.3 is 10.1 Å². The van der Waals surface area contributed by atoms with E-state index in [9.17, 15) is 10.1 Å². The molecular weight excluding hydrogens is 279 g/mol. The molecule has 5 nitrogen and oxygen atoms in total. The molecule has 0 spiro atoms. The summed E-state index contributed by atoms with van der Waals surface area (Å²) in [6, 6.07) is 2.56. The van der Waals surface area contributed by atoms with Gasteiger partial charge in [0, 0.05) is 18.7 Å². The molecule has 18 heavy (non-hydrogen) atoms. The topological polar surface area (TPSA) is 64.4 Å². The van der Waals surface area contributed by atoms with Crippen molar-refractivity contribution in [3.8, 4) is 5.75 Å². The minimum Gasteiger partial charge on any atom is -0.485 e. The van der Waals surface area contributed by atoms with Crippen molar-refractivity contribution in [2.24, 2.45) is 0 Å². The number of nitrogens with zero attached hydrogens (tertiary/aromatic N) is 1. The van der Waals surface area contributed by atoms with E-state index in [2.05, 4.69) is 12.2 Å². The standard InChI is InChI=1S/C11H14Cl2N2O3/c1-2-3-14-4-5-18-11-7-9(13)8(12)6-10(11)15(16)17/h6-7,14H,2-5H2,1H3. The molecule has 0 fully saturated rings. The zero-order chi connectivity index (χ0) is 13.5. The number of benzene rings is 1. The summed E-state index contributed by atoms with van der Waals surface area (Å²) in [5.74, 6) is 0.132. The van der Waals surface area contributed by atoms with Gasteiger partial charge in [-0.2, -0.15) is 0 Å². The molecule has 0 aromatic heterocycles. The van der Waals surface area contributed by atoms with Gasteiger partial charge in [0.15, 0.2) is 5.75 Å². The number of nitro groups is 1. The molecule has 0 atom stereocenters. The predicted molar refractivity (Wildman–Crippen MR) is 71.8 cm³/mol. The van der Waals surface area contributed by atoms with Crippen LogP contribution in [-0.4, -0.2) is 24.6 Å². The van der Waals surface area contributed by atoms with Crippen LogP contribution in [0.5, 0.6) is 5.75 Å². The summed E-state index contributed by atoms with van der Waals surface area (Å²) in [4.78, 5) is 10.3. The van der Waals surface area contributed by atoms with Crippen molar-refractivity contribution in [1.82, 2.24) is 5.32 Å². The van der Waals surface area contributed by atoms with Gasteiger partial charge in [-0.25, -0.2) is 0 Å². The molecule has 1 rings (SSSR count). The van der Waals surface area contributed by atoms with Crippen LogP contribution in [0.2, 0.25) is 10.0 Å². The van der Waals surface area contributed by atoms with Crippen LogP contribution in [0.3, 0.4) is 0 Å². The maximum absolute atomic E-state index is 10.8.